The molecule has 5 heteroatoms. The molecule has 0 aliphatic carbocycles. The second-order valence-electron chi connectivity index (χ2n) is 5.19. The summed E-state index contributed by atoms with van der Waals surface area (Å²) in [4.78, 5) is 11.9. The third-order valence-corrected chi connectivity index (χ3v) is 2.88. The Kier molecular flexibility index (Phi) is 5.11. The van der Waals surface area contributed by atoms with Crippen molar-refractivity contribution in [3.05, 3.63) is 52.9 Å². The molecule has 1 aromatic heterocycles. The molecule has 0 atom stereocenters. The Morgan fingerprint density at radius 1 is 1.33 bits per heavy atom. The van der Waals surface area contributed by atoms with Gasteiger partial charge in [0.25, 0.3) is 5.91 Å². The van der Waals surface area contributed by atoms with Crippen molar-refractivity contribution in [2.24, 2.45) is 0 Å². The highest BCUT2D eigenvalue weighted by atomic mass is 16.5. The Balaban J connectivity index is 1.91. The minimum atomic E-state index is -0.264. The molecule has 1 heterocycles. The van der Waals surface area contributed by atoms with Gasteiger partial charge in [-0.05, 0) is 31.9 Å². The maximum Gasteiger partial charge on any atom is 0.290 e. The van der Waals surface area contributed by atoms with Gasteiger partial charge in [-0.2, -0.15) is 0 Å². The first-order valence-electron chi connectivity index (χ1n) is 6.95. The number of rotatable bonds is 6. The standard InChI is InChI=1S/C16H20N2O3/c1-11(2)20-10-14-6-4-5-13(8-14)9-17-16(19)15-7-12(3)18-21-15/h4-8,11H,9-10H2,1-3H3,(H,17,19). The van der Waals surface area contributed by atoms with Gasteiger partial charge in [-0.3, -0.25) is 4.79 Å². The number of aryl methyl sites for hydroxylation is 1. The minimum absolute atomic E-state index is 0.197. The summed E-state index contributed by atoms with van der Waals surface area (Å²) >= 11 is 0. The van der Waals surface area contributed by atoms with E-state index in [0.717, 1.165) is 11.1 Å². The number of carbonyl (C=O) groups excluding carboxylic acids is 1. The zero-order valence-corrected chi connectivity index (χ0v) is 12.6. The molecule has 21 heavy (non-hydrogen) atoms. The van der Waals surface area contributed by atoms with Gasteiger partial charge < -0.3 is 14.6 Å². The molecule has 2 rings (SSSR count). The molecule has 0 spiro atoms. The highest BCUT2D eigenvalue weighted by molar-refractivity contribution is 5.91. The van der Waals surface area contributed by atoms with E-state index in [-0.39, 0.29) is 17.8 Å². The fourth-order valence-electron chi connectivity index (χ4n) is 1.83. The minimum Gasteiger partial charge on any atom is -0.374 e. The summed E-state index contributed by atoms with van der Waals surface area (Å²) < 4.78 is 10.5. The molecule has 0 radical (unpaired) electrons. The molecule has 0 aliphatic rings. The lowest BCUT2D eigenvalue weighted by Gasteiger charge is -2.09. The van der Waals surface area contributed by atoms with E-state index >= 15 is 0 Å². The quantitative estimate of drug-likeness (QED) is 0.887. The van der Waals surface area contributed by atoms with Gasteiger partial charge in [0.1, 0.15) is 0 Å². The zero-order chi connectivity index (χ0) is 15.2. The number of nitrogens with one attached hydrogen (secondary N) is 1. The summed E-state index contributed by atoms with van der Waals surface area (Å²) in [6, 6.07) is 9.56. The number of carbonyl (C=O) groups is 1. The van der Waals surface area contributed by atoms with Gasteiger partial charge in [-0.15, -0.1) is 0 Å². The van der Waals surface area contributed by atoms with Gasteiger partial charge >= 0.3 is 0 Å². The number of benzene rings is 1. The molecular formula is C16H20N2O3. The maximum atomic E-state index is 11.9. The highest BCUT2D eigenvalue weighted by Crippen LogP contribution is 2.08. The zero-order valence-electron chi connectivity index (χ0n) is 12.6. The van der Waals surface area contributed by atoms with Gasteiger partial charge in [0.2, 0.25) is 5.76 Å². The molecule has 0 aliphatic heterocycles. The SMILES string of the molecule is Cc1cc(C(=O)NCc2cccc(COC(C)C)c2)on1. The number of aromatic nitrogens is 1. The van der Waals surface area contributed by atoms with Crippen molar-refractivity contribution in [3.8, 4) is 0 Å². The largest absolute Gasteiger partial charge is 0.374 e. The fraction of sp³-hybridized carbons (Fsp3) is 0.375. The van der Waals surface area contributed by atoms with Gasteiger partial charge in [-0.1, -0.05) is 29.4 Å². The van der Waals surface area contributed by atoms with Crippen LogP contribution in [0.1, 0.15) is 41.2 Å². The van der Waals surface area contributed by atoms with Crippen molar-refractivity contribution < 1.29 is 14.1 Å². The Labute approximate surface area is 124 Å². The van der Waals surface area contributed by atoms with Crippen molar-refractivity contribution >= 4 is 5.91 Å². The Morgan fingerprint density at radius 3 is 2.76 bits per heavy atom. The van der Waals surface area contributed by atoms with E-state index in [1.165, 1.54) is 0 Å². The predicted molar refractivity (Wildman–Crippen MR) is 78.8 cm³/mol. The first-order valence-corrected chi connectivity index (χ1v) is 6.95. The predicted octanol–water partition coefficient (Wildman–Crippen LogP) is 2.84. The summed E-state index contributed by atoms with van der Waals surface area (Å²) in [7, 11) is 0. The summed E-state index contributed by atoms with van der Waals surface area (Å²) in [6.45, 7) is 6.79. The fourth-order valence-corrected chi connectivity index (χ4v) is 1.83. The van der Waals surface area contributed by atoms with Crippen molar-refractivity contribution in [1.82, 2.24) is 10.5 Å². The number of amides is 1. The van der Waals surface area contributed by atoms with Crippen LogP contribution < -0.4 is 5.32 Å². The molecule has 5 nitrogen and oxygen atoms in total. The molecule has 0 unspecified atom stereocenters. The van der Waals surface area contributed by atoms with Crippen LogP contribution in [-0.4, -0.2) is 17.2 Å². The van der Waals surface area contributed by atoms with E-state index in [0.29, 0.717) is 18.8 Å². The van der Waals surface area contributed by atoms with Crippen LogP contribution in [0.3, 0.4) is 0 Å². The summed E-state index contributed by atoms with van der Waals surface area (Å²) in [6.07, 6.45) is 0.197. The molecule has 0 saturated heterocycles. The molecule has 1 aromatic carbocycles. The number of hydrogen-bond donors (Lipinski definition) is 1. The third-order valence-electron chi connectivity index (χ3n) is 2.88. The van der Waals surface area contributed by atoms with Crippen LogP contribution in [0.2, 0.25) is 0 Å². The van der Waals surface area contributed by atoms with E-state index in [2.05, 4.69) is 10.5 Å². The molecule has 2 aromatic rings. The van der Waals surface area contributed by atoms with Crippen LogP contribution in [0.5, 0.6) is 0 Å². The van der Waals surface area contributed by atoms with Gasteiger partial charge in [-0.25, -0.2) is 0 Å². The number of nitrogens with zero attached hydrogens (tertiary/aromatic N) is 1. The lowest BCUT2D eigenvalue weighted by Crippen LogP contribution is -2.22. The lowest BCUT2D eigenvalue weighted by molar-refractivity contribution is 0.0657. The third kappa shape index (κ3) is 4.72. The molecule has 0 saturated carbocycles. The van der Waals surface area contributed by atoms with Gasteiger partial charge in [0.05, 0.1) is 18.4 Å². The van der Waals surface area contributed by atoms with E-state index in [4.69, 9.17) is 9.26 Å². The molecule has 0 fully saturated rings. The molecule has 1 N–H and O–H groups in total. The van der Waals surface area contributed by atoms with E-state index in [1.54, 1.807) is 13.0 Å². The summed E-state index contributed by atoms with van der Waals surface area (Å²) in [5, 5.41) is 6.50. The Hall–Kier alpha value is -2.14. The summed E-state index contributed by atoms with van der Waals surface area (Å²) in [5.41, 5.74) is 2.79. The van der Waals surface area contributed by atoms with Crippen LogP contribution in [0.25, 0.3) is 0 Å². The van der Waals surface area contributed by atoms with Crippen molar-refractivity contribution in [3.63, 3.8) is 0 Å². The first kappa shape index (κ1) is 15.3. The Morgan fingerprint density at radius 2 is 2.10 bits per heavy atom. The van der Waals surface area contributed by atoms with E-state index < -0.39 is 0 Å². The van der Waals surface area contributed by atoms with Crippen molar-refractivity contribution in [2.75, 3.05) is 0 Å². The highest BCUT2D eigenvalue weighted by Gasteiger charge is 2.10. The van der Waals surface area contributed by atoms with Crippen molar-refractivity contribution in [1.29, 1.82) is 0 Å². The second-order valence-corrected chi connectivity index (χ2v) is 5.19. The topological polar surface area (TPSA) is 64.4 Å². The van der Waals surface area contributed by atoms with Crippen molar-refractivity contribution in [2.45, 2.75) is 40.0 Å². The monoisotopic (exact) mass is 288 g/mol. The van der Waals surface area contributed by atoms with E-state index in [9.17, 15) is 4.79 Å². The molecule has 112 valence electrons. The number of hydrogen-bond acceptors (Lipinski definition) is 4. The smallest absolute Gasteiger partial charge is 0.290 e. The Bertz CT molecular complexity index is 605. The van der Waals surface area contributed by atoms with E-state index in [1.807, 2.05) is 38.1 Å². The molecular weight excluding hydrogens is 268 g/mol. The molecule has 1 amide bonds. The lowest BCUT2D eigenvalue weighted by atomic mass is 10.1. The average Bonchev–Trinajstić information content (AvgIpc) is 2.90. The van der Waals surface area contributed by atoms with Crippen LogP contribution in [0.4, 0.5) is 0 Å². The average molecular weight is 288 g/mol. The van der Waals surface area contributed by atoms with Crippen LogP contribution in [-0.2, 0) is 17.9 Å². The first-order chi connectivity index (χ1) is 10.0. The summed E-state index contributed by atoms with van der Waals surface area (Å²) in [5.74, 6) is -0.0359. The van der Waals surface area contributed by atoms with Crippen LogP contribution in [0, 0.1) is 6.92 Å². The maximum absolute atomic E-state index is 11.9. The number of ether oxygens (including phenoxy) is 1. The van der Waals surface area contributed by atoms with Crippen LogP contribution >= 0.6 is 0 Å². The second kappa shape index (κ2) is 7.04. The van der Waals surface area contributed by atoms with Gasteiger partial charge in [0, 0.05) is 12.6 Å². The van der Waals surface area contributed by atoms with Gasteiger partial charge in [0.15, 0.2) is 0 Å². The normalized spacial score (nSPS) is 10.9. The van der Waals surface area contributed by atoms with Crippen LogP contribution in [0.15, 0.2) is 34.9 Å². The molecule has 0 bridgehead atoms.